The summed E-state index contributed by atoms with van der Waals surface area (Å²) in [6.07, 6.45) is -1.95. The second-order valence-electron chi connectivity index (χ2n) is 11.0. The van der Waals surface area contributed by atoms with E-state index in [-0.39, 0.29) is 98.4 Å². The van der Waals surface area contributed by atoms with Crippen LogP contribution in [0.2, 0.25) is 0 Å². The van der Waals surface area contributed by atoms with E-state index in [2.05, 4.69) is 30.5 Å². The van der Waals surface area contributed by atoms with Crippen molar-refractivity contribution in [2.24, 2.45) is 11.1 Å². The van der Waals surface area contributed by atoms with Crippen molar-refractivity contribution in [1.29, 1.82) is 0 Å². The van der Waals surface area contributed by atoms with Crippen molar-refractivity contribution >= 4 is 81.1 Å². The van der Waals surface area contributed by atoms with Crippen LogP contribution in [-0.4, -0.2) is 98.0 Å². The molecule has 1 unspecified atom stereocenters. The van der Waals surface area contributed by atoms with Crippen LogP contribution >= 0.6 is 34.9 Å². The number of aryl methyl sites for hydroxylation is 1. The zero-order valence-electron chi connectivity index (χ0n) is 27.7. The third-order valence-electron chi connectivity index (χ3n) is 7.66. The first-order valence-electron chi connectivity index (χ1n) is 14.4. The number of benzene rings is 1. The summed E-state index contributed by atoms with van der Waals surface area (Å²) in [6, 6.07) is 3.49. The Bertz CT molecular complexity index is 2210. The summed E-state index contributed by atoms with van der Waals surface area (Å²) >= 11 is 3.32. The van der Waals surface area contributed by atoms with E-state index in [0.717, 1.165) is 41.3 Å². The van der Waals surface area contributed by atoms with E-state index in [9.17, 15) is 49.5 Å². The molecule has 6 rings (SSSR count). The number of carboxylic acid groups (broad SMARTS) is 3. The van der Waals surface area contributed by atoms with Gasteiger partial charge in [0.2, 0.25) is 0 Å². The van der Waals surface area contributed by atoms with Gasteiger partial charge in [-0.05, 0) is 30.7 Å². The van der Waals surface area contributed by atoms with E-state index in [0.29, 0.717) is 16.3 Å². The number of fused-ring (bicyclic) bond motifs is 2. The van der Waals surface area contributed by atoms with Gasteiger partial charge in [0.05, 0.1) is 11.9 Å². The van der Waals surface area contributed by atoms with Crippen molar-refractivity contribution in [1.82, 2.24) is 29.9 Å². The molecular weight excluding hydrogens is 779 g/mol. The van der Waals surface area contributed by atoms with Gasteiger partial charge in [0.25, 0.3) is 11.7 Å². The minimum atomic E-state index is -1.95. The molecule has 0 spiro atoms. The number of thioether (sulfide) groups is 2. The molecule has 19 nitrogen and oxygen atoms in total. The van der Waals surface area contributed by atoms with Gasteiger partial charge in [-0.25, -0.2) is 14.8 Å². The molecule has 1 aromatic carbocycles. The Morgan fingerprint density at radius 3 is 2.51 bits per heavy atom. The third-order valence-corrected chi connectivity index (χ3v) is 10.9. The average Bonchev–Trinajstić information content (AvgIpc) is 3.71. The molecule has 1 aliphatic heterocycles. The van der Waals surface area contributed by atoms with Gasteiger partial charge in [-0.1, -0.05) is 11.2 Å². The fourth-order valence-corrected chi connectivity index (χ4v) is 8.57. The monoisotopic (exact) mass is 800 g/mol. The molecule has 53 heavy (non-hydrogen) atoms. The molecule has 0 radical (unpaired) electrons. The maximum absolute atomic E-state index is 13.5. The summed E-state index contributed by atoms with van der Waals surface area (Å²) in [7, 11) is 0. The summed E-state index contributed by atoms with van der Waals surface area (Å²) < 4.78 is 1.20. The largest absolute Gasteiger partial charge is 1.00 e. The number of thiazole rings is 1. The number of carboxylic acids is 3. The molecule has 2 aliphatic rings. The van der Waals surface area contributed by atoms with Crippen LogP contribution in [0.25, 0.3) is 5.78 Å². The molecule has 1 aliphatic carbocycles. The number of nitrogen functional groups attached to an aromatic ring is 1. The first-order valence-corrected chi connectivity index (χ1v) is 17.3. The molecule has 0 bridgehead atoms. The molecule has 4 heterocycles. The van der Waals surface area contributed by atoms with Gasteiger partial charge in [-0.3, -0.25) is 9.59 Å². The number of aromatic hydroxyl groups is 2. The van der Waals surface area contributed by atoms with Gasteiger partial charge >= 0.3 is 65.1 Å². The number of hydrogen-bond donors (Lipinski definition) is 5. The van der Waals surface area contributed by atoms with Crippen molar-refractivity contribution in [3.63, 3.8) is 0 Å². The zero-order valence-corrected chi connectivity index (χ0v) is 34.2. The van der Waals surface area contributed by atoms with Crippen LogP contribution in [0.1, 0.15) is 33.7 Å². The number of nitrogens with zero attached hydrogens (tertiary/aromatic N) is 6. The van der Waals surface area contributed by atoms with Crippen molar-refractivity contribution in [2.75, 3.05) is 17.2 Å². The topological polar surface area (TPSA) is 308 Å². The standard InChI is InChI=1S/C29H24N8O11S3.2Na/c1-9-4-15(37-29(31-9)34-23(35-37)27(46)47)49-6-11-7-50-22-17(16(11)25(42)43)20(40)19(22)33-24(41)18(12-8-51-28(30)32-12)36-48-21(26(44)45)10-2-3-13(38)14(39)5-10;;/h2-5,8,17,19,21-22,38-39H,6-7H2,1H3,(H2,30,32)(H,33,41)(H,42,43)(H,44,45)(H,46,47);;/q;2*+1/p-2/b36-18-;;/t17?,19-,21-,22+;;/m1../s1. The summed E-state index contributed by atoms with van der Waals surface area (Å²) in [4.78, 5) is 79.7. The number of carbonyl (C=O) groups is 5. The van der Waals surface area contributed by atoms with E-state index in [1.165, 1.54) is 21.7 Å². The van der Waals surface area contributed by atoms with Crippen molar-refractivity contribution in [2.45, 2.75) is 29.3 Å². The molecule has 24 heteroatoms. The van der Waals surface area contributed by atoms with Crippen LogP contribution < -0.4 is 80.4 Å². The van der Waals surface area contributed by atoms with E-state index in [4.69, 9.17) is 10.6 Å². The number of oxime groups is 1. The molecular formula is C29H22N8Na2O11S3. The third kappa shape index (κ3) is 8.65. The van der Waals surface area contributed by atoms with Crippen LogP contribution in [0.3, 0.4) is 0 Å². The Morgan fingerprint density at radius 1 is 1.15 bits per heavy atom. The predicted molar refractivity (Wildman–Crippen MR) is 174 cm³/mol. The smallest absolute Gasteiger partial charge is 0.546 e. The van der Waals surface area contributed by atoms with E-state index < -0.39 is 75.9 Å². The molecule has 1 saturated carbocycles. The van der Waals surface area contributed by atoms with Gasteiger partial charge in [-0.15, -0.1) is 28.2 Å². The predicted octanol–water partition coefficient (Wildman–Crippen LogP) is -7.56. The number of rotatable bonds is 12. The number of anilines is 1. The Labute approximate surface area is 354 Å². The first-order chi connectivity index (χ1) is 24.2. The second-order valence-corrected chi connectivity index (χ2v) is 14.0. The summed E-state index contributed by atoms with van der Waals surface area (Å²) in [6.45, 7) is 1.66. The number of Topliss-reactive ketones (excluding diaryl/α,β-unsaturated/α-hetero) is 1. The number of hydrogen-bond acceptors (Lipinski definition) is 19. The van der Waals surface area contributed by atoms with Gasteiger partial charge in [0.15, 0.2) is 40.1 Å². The van der Waals surface area contributed by atoms with Crippen molar-refractivity contribution in [3.8, 4) is 11.5 Å². The van der Waals surface area contributed by atoms with E-state index in [1.807, 2.05) is 0 Å². The average molecular weight is 801 g/mol. The van der Waals surface area contributed by atoms with Gasteiger partial charge in [0, 0.05) is 39.0 Å². The van der Waals surface area contributed by atoms with Crippen LogP contribution in [0, 0.1) is 12.8 Å². The van der Waals surface area contributed by atoms with Crippen LogP contribution in [0.4, 0.5) is 5.13 Å². The molecule has 4 aromatic rings. The van der Waals surface area contributed by atoms with Crippen LogP contribution in [-0.2, 0) is 24.0 Å². The Balaban J connectivity index is 0.00000314. The summed E-state index contributed by atoms with van der Waals surface area (Å²) in [5.74, 6) is -8.86. The number of nitrogens with two attached hydrogens (primary N) is 1. The number of aromatic nitrogens is 5. The van der Waals surface area contributed by atoms with Crippen LogP contribution in [0.5, 0.6) is 11.5 Å². The molecule has 4 atom stereocenters. The van der Waals surface area contributed by atoms with Crippen LogP contribution in [0.15, 0.2) is 51.0 Å². The summed E-state index contributed by atoms with van der Waals surface area (Å²) in [5.41, 5.74) is 5.67. The van der Waals surface area contributed by atoms with Gasteiger partial charge in [-0.2, -0.15) is 21.3 Å². The summed E-state index contributed by atoms with van der Waals surface area (Å²) in [5, 5.41) is 63.9. The van der Waals surface area contributed by atoms with Crippen molar-refractivity contribution < 1.29 is 113 Å². The zero-order chi connectivity index (χ0) is 36.7. The van der Waals surface area contributed by atoms with E-state index >= 15 is 0 Å². The number of phenols is 2. The number of aliphatic carboxylic acids is 2. The molecule has 264 valence electrons. The maximum atomic E-state index is 13.5. The second kappa shape index (κ2) is 17.2. The first kappa shape index (κ1) is 42.0. The van der Waals surface area contributed by atoms with Gasteiger partial charge < -0.3 is 51.0 Å². The number of aromatic carboxylic acids is 1. The fraction of sp³-hybridized carbons (Fsp3) is 0.241. The Hall–Kier alpha value is -3.74. The number of phenolic OH excluding ortho intramolecular Hbond substituents is 2. The number of amides is 1. The number of nitrogens with one attached hydrogen (secondary N) is 1. The normalized spacial score (nSPS) is 18.5. The van der Waals surface area contributed by atoms with E-state index in [1.54, 1.807) is 13.0 Å². The molecule has 0 saturated heterocycles. The molecule has 1 amide bonds. The van der Waals surface area contributed by atoms with Gasteiger partial charge in [0.1, 0.15) is 22.7 Å². The number of ketones is 1. The fourth-order valence-electron chi connectivity index (χ4n) is 5.31. The SMILES string of the molecule is Cc1cc(SCC2=C(C(=O)O)C3C(=O)[C@@H](NC(=O)/C(=N\O[C@@H](C(=O)[O-])c4ccc(O)c(O)c4)c4csc(N)n4)[C@H]3SC2)n2nc(C(=O)[O-])nc2n1.[Na+].[Na+]. The number of carbonyl (C=O) groups excluding carboxylic acids is 4. The minimum Gasteiger partial charge on any atom is -0.546 e. The molecule has 6 N–H and O–H groups in total. The Morgan fingerprint density at radius 2 is 1.89 bits per heavy atom. The van der Waals surface area contributed by atoms with Crippen molar-refractivity contribution in [3.05, 3.63) is 63.6 Å². The quantitative estimate of drug-likeness (QED) is 0.0222. The maximum Gasteiger partial charge on any atom is 1.00 e. The minimum absolute atomic E-state index is 0. The molecule has 3 aromatic heterocycles. The Kier molecular flexibility index (Phi) is 13.6. The molecule has 1 fully saturated rings.